The average molecular weight is 455 g/mol. The van der Waals surface area contributed by atoms with Crippen LogP contribution in [0.15, 0.2) is 41.9 Å². The van der Waals surface area contributed by atoms with Crippen molar-refractivity contribution >= 4 is 11.3 Å². The van der Waals surface area contributed by atoms with Crippen LogP contribution < -0.4 is 0 Å². The summed E-state index contributed by atoms with van der Waals surface area (Å²) in [5.41, 5.74) is 0.791. The molecule has 2 atom stereocenters. The number of hydrogen-bond donors (Lipinski definition) is 0. The molecule has 2 aromatic rings. The fraction of sp³-hybridized carbons (Fsp3) is 0.615. The van der Waals surface area contributed by atoms with E-state index in [0.717, 1.165) is 70.8 Å². The lowest BCUT2D eigenvalue weighted by molar-refractivity contribution is 0.0842. The van der Waals surface area contributed by atoms with Gasteiger partial charge in [-0.2, -0.15) is 5.26 Å². The number of methoxy groups -OCH3 is 1. The van der Waals surface area contributed by atoms with Gasteiger partial charge < -0.3 is 14.5 Å². The molecule has 0 saturated carbocycles. The first-order valence-corrected chi connectivity index (χ1v) is 12.7. The normalized spacial score (nSPS) is 18.3. The fourth-order valence-corrected chi connectivity index (χ4v) is 5.89. The molecule has 0 aromatic carbocycles. The molecule has 5 nitrogen and oxygen atoms in total. The second kappa shape index (κ2) is 12.5. The van der Waals surface area contributed by atoms with Crippen LogP contribution in [0, 0.1) is 23.2 Å². The first kappa shape index (κ1) is 24.9. The zero-order chi connectivity index (χ0) is 22.8. The van der Waals surface area contributed by atoms with Gasteiger partial charge in [0.25, 0.3) is 0 Å². The Kier molecular flexibility index (Phi) is 9.68. The van der Waals surface area contributed by atoms with Gasteiger partial charge in [-0.15, -0.1) is 11.3 Å². The molecule has 6 heteroatoms. The van der Waals surface area contributed by atoms with Crippen molar-refractivity contribution in [2.45, 2.75) is 38.5 Å². The van der Waals surface area contributed by atoms with Crippen LogP contribution in [-0.2, 0) is 16.6 Å². The minimum Gasteiger partial charge on any atom is -0.384 e. The van der Waals surface area contributed by atoms with Crippen LogP contribution in [0.2, 0.25) is 0 Å². The number of hydrogen-bond acceptors (Lipinski definition) is 6. The molecule has 1 unspecified atom stereocenters. The summed E-state index contributed by atoms with van der Waals surface area (Å²) in [6.07, 6.45) is 4.83. The molecule has 3 heterocycles. The minimum atomic E-state index is -0.352. The first-order valence-electron chi connectivity index (χ1n) is 11.9. The highest BCUT2D eigenvalue weighted by molar-refractivity contribution is 7.10. The van der Waals surface area contributed by atoms with E-state index in [1.807, 2.05) is 12.3 Å². The molecule has 1 fully saturated rings. The Morgan fingerprint density at radius 1 is 1.16 bits per heavy atom. The molecule has 32 heavy (non-hydrogen) atoms. The van der Waals surface area contributed by atoms with E-state index in [1.165, 1.54) is 4.88 Å². The van der Waals surface area contributed by atoms with Gasteiger partial charge in [0, 0.05) is 62.5 Å². The molecule has 2 aromatic heterocycles. The fourth-order valence-electron chi connectivity index (χ4n) is 4.84. The lowest BCUT2D eigenvalue weighted by atomic mass is 9.73. The largest absolute Gasteiger partial charge is 0.384 e. The lowest BCUT2D eigenvalue weighted by Crippen LogP contribution is -2.48. The highest BCUT2D eigenvalue weighted by atomic mass is 32.1. The van der Waals surface area contributed by atoms with Crippen molar-refractivity contribution in [3.8, 4) is 6.07 Å². The van der Waals surface area contributed by atoms with Crippen molar-refractivity contribution in [2.24, 2.45) is 11.8 Å². The van der Waals surface area contributed by atoms with Gasteiger partial charge in [-0.3, -0.25) is 4.98 Å². The number of nitrogens with zero attached hydrogens (tertiary/aromatic N) is 4. The van der Waals surface area contributed by atoms with Gasteiger partial charge in [0.05, 0.1) is 18.1 Å². The third kappa shape index (κ3) is 6.62. The SMILES string of the molecule is COC[C@@H](Cc1ccccn1)CN1CCN(CCCC(C#N)(c2cccs2)C(C)C)CC1. The highest BCUT2D eigenvalue weighted by Gasteiger charge is 2.36. The van der Waals surface area contributed by atoms with E-state index in [2.05, 4.69) is 64.3 Å². The molecule has 1 saturated heterocycles. The molecule has 3 rings (SSSR count). The summed E-state index contributed by atoms with van der Waals surface area (Å²) in [6.45, 7) is 11.7. The van der Waals surface area contributed by atoms with E-state index in [0.29, 0.717) is 11.8 Å². The molecule has 1 aliphatic rings. The number of ether oxygens (including phenoxy) is 1. The second-order valence-electron chi connectivity index (χ2n) is 9.31. The summed E-state index contributed by atoms with van der Waals surface area (Å²) in [6, 6.07) is 13.0. The molecule has 0 N–H and O–H groups in total. The summed E-state index contributed by atoms with van der Waals surface area (Å²) in [5, 5.41) is 12.1. The maximum Gasteiger partial charge on any atom is 0.0937 e. The molecule has 174 valence electrons. The van der Waals surface area contributed by atoms with Crippen LogP contribution in [0.1, 0.15) is 37.3 Å². The third-order valence-corrected chi connectivity index (χ3v) is 7.85. The summed E-state index contributed by atoms with van der Waals surface area (Å²) in [5.74, 6) is 0.786. The topological polar surface area (TPSA) is 52.4 Å². The number of aromatic nitrogens is 1. The molecular weight excluding hydrogens is 416 g/mol. The van der Waals surface area contributed by atoms with Gasteiger partial charge in [-0.1, -0.05) is 26.0 Å². The minimum absolute atomic E-state index is 0.319. The van der Waals surface area contributed by atoms with Crippen molar-refractivity contribution in [1.82, 2.24) is 14.8 Å². The van der Waals surface area contributed by atoms with Gasteiger partial charge in [0.2, 0.25) is 0 Å². The Balaban J connectivity index is 1.44. The molecule has 0 aliphatic carbocycles. The Morgan fingerprint density at radius 3 is 2.53 bits per heavy atom. The van der Waals surface area contributed by atoms with Gasteiger partial charge in [-0.05, 0) is 55.3 Å². The summed E-state index contributed by atoms with van der Waals surface area (Å²) >= 11 is 1.72. The standard InChI is InChI=1S/C26H38N4OS/c1-22(2)26(21-27,25-9-6-17-32-25)10-7-12-29-13-15-30(16-14-29)19-23(20-31-3)18-24-8-4-5-11-28-24/h4-6,8-9,11,17,22-23H,7,10,12-16,18-20H2,1-3H3/t23-,26?/m0/s1. The maximum atomic E-state index is 10.0. The van der Waals surface area contributed by atoms with E-state index in [9.17, 15) is 5.26 Å². The second-order valence-corrected chi connectivity index (χ2v) is 10.3. The Morgan fingerprint density at radius 2 is 1.94 bits per heavy atom. The number of pyridine rings is 1. The van der Waals surface area contributed by atoms with Crippen LogP contribution in [-0.4, -0.2) is 67.8 Å². The van der Waals surface area contributed by atoms with Crippen LogP contribution >= 0.6 is 11.3 Å². The van der Waals surface area contributed by atoms with E-state index in [-0.39, 0.29) is 5.41 Å². The summed E-state index contributed by atoms with van der Waals surface area (Å²) in [4.78, 5) is 10.9. The van der Waals surface area contributed by atoms with Crippen molar-refractivity contribution in [1.29, 1.82) is 5.26 Å². The van der Waals surface area contributed by atoms with E-state index in [4.69, 9.17) is 4.74 Å². The first-order chi connectivity index (χ1) is 15.6. The van der Waals surface area contributed by atoms with Crippen molar-refractivity contribution in [2.75, 3.05) is 53.0 Å². The molecule has 0 amide bonds. The van der Waals surface area contributed by atoms with E-state index >= 15 is 0 Å². The molecule has 1 aliphatic heterocycles. The summed E-state index contributed by atoms with van der Waals surface area (Å²) < 4.78 is 5.49. The van der Waals surface area contributed by atoms with Crippen molar-refractivity contribution in [3.05, 3.63) is 52.5 Å². The number of thiophene rings is 1. The highest BCUT2D eigenvalue weighted by Crippen LogP contribution is 2.39. The van der Waals surface area contributed by atoms with E-state index < -0.39 is 0 Å². The number of nitriles is 1. The smallest absolute Gasteiger partial charge is 0.0937 e. The van der Waals surface area contributed by atoms with Crippen LogP contribution in [0.3, 0.4) is 0 Å². The van der Waals surface area contributed by atoms with E-state index in [1.54, 1.807) is 18.4 Å². The Hall–Kier alpha value is -1.78. The quantitative estimate of drug-likeness (QED) is 0.474. The summed E-state index contributed by atoms with van der Waals surface area (Å²) in [7, 11) is 1.79. The zero-order valence-electron chi connectivity index (χ0n) is 19.9. The maximum absolute atomic E-state index is 10.0. The van der Waals surface area contributed by atoms with Gasteiger partial charge in [0.15, 0.2) is 0 Å². The monoisotopic (exact) mass is 454 g/mol. The average Bonchev–Trinajstić information content (AvgIpc) is 3.34. The van der Waals surface area contributed by atoms with Crippen molar-refractivity contribution < 1.29 is 4.74 Å². The van der Waals surface area contributed by atoms with Crippen LogP contribution in [0.25, 0.3) is 0 Å². The molecule has 0 bridgehead atoms. The third-order valence-electron chi connectivity index (χ3n) is 6.80. The predicted molar refractivity (Wildman–Crippen MR) is 132 cm³/mol. The van der Waals surface area contributed by atoms with Crippen LogP contribution in [0.5, 0.6) is 0 Å². The molecule has 0 spiro atoms. The number of rotatable bonds is 12. The number of piperazine rings is 1. The van der Waals surface area contributed by atoms with Gasteiger partial charge in [-0.25, -0.2) is 0 Å². The lowest BCUT2D eigenvalue weighted by Gasteiger charge is -2.37. The van der Waals surface area contributed by atoms with Gasteiger partial charge >= 0.3 is 0 Å². The Labute approximate surface area is 198 Å². The zero-order valence-corrected chi connectivity index (χ0v) is 20.7. The molecule has 0 radical (unpaired) electrons. The van der Waals surface area contributed by atoms with Crippen LogP contribution in [0.4, 0.5) is 0 Å². The Bertz CT molecular complexity index is 812. The molecular formula is C26H38N4OS. The van der Waals surface area contributed by atoms with Crippen molar-refractivity contribution in [3.63, 3.8) is 0 Å². The predicted octanol–water partition coefficient (Wildman–Crippen LogP) is 4.46. The van der Waals surface area contributed by atoms with Gasteiger partial charge in [0.1, 0.15) is 0 Å².